The smallest absolute Gasteiger partial charge is 0.276 e. The molecule has 0 radical (unpaired) electrons. The quantitative estimate of drug-likeness (QED) is 0.929. The Labute approximate surface area is 131 Å². The molecule has 0 atom stereocenters. The number of hydrogen-bond acceptors (Lipinski definition) is 6. The lowest BCUT2D eigenvalue weighted by molar-refractivity contribution is 0.0341. The number of rotatable bonds is 4. The van der Waals surface area contributed by atoms with Crippen molar-refractivity contribution in [2.75, 3.05) is 31.6 Å². The van der Waals surface area contributed by atoms with Gasteiger partial charge in [0.25, 0.3) is 5.91 Å². The van der Waals surface area contributed by atoms with E-state index >= 15 is 0 Å². The number of amides is 1. The summed E-state index contributed by atoms with van der Waals surface area (Å²) in [4.78, 5) is 22.4. The number of carbonyl (C=O) groups excluding carboxylic acids is 1. The van der Waals surface area contributed by atoms with Crippen molar-refractivity contribution < 1.29 is 13.9 Å². The van der Waals surface area contributed by atoms with Crippen LogP contribution in [-0.2, 0) is 11.3 Å². The van der Waals surface area contributed by atoms with Gasteiger partial charge in [-0.1, -0.05) is 0 Å². The number of nitrogens with one attached hydrogen (secondary N) is 1. The molecule has 0 spiro atoms. The number of thiazole rings is 1. The van der Waals surface area contributed by atoms with Gasteiger partial charge in [-0.25, -0.2) is 14.4 Å². The van der Waals surface area contributed by atoms with Gasteiger partial charge in [-0.2, -0.15) is 0 Å². The Kier molecular flexibility index (Phi) is 4.71. The highest BCUT2D eigenvalue weighted by atomic mass is 32.1. The Morgan fingerprint density at radius 2 is 2.23 bits per heavy atom. The first-order chi connectivity index (χ1) is 10.7. The van der Waals surface area contributed by atoms with E-state index in [1.807, 2.05) is 0 Å². The predicted octanol–water partition coefficient (Wildman–Crippen LogP) is 1.76. The monoisotopic (exact) mass is 322 g/mol. The molecule has 6 nitrogen and oxygen atoms in total. The van der Waals surface area contributed by atoms with Crippen molar-refractivity contribution in [3.63, 3.8) is 0 Å². The Morgan fingerprint density at radius 3 is 2.95 bits per heavy atom. The first kappa shape index (κ1) is 15.0. The average molecular weight is 322 g/mol. The van der Waals surface area contributed by atoms with Crippen molar-refractivity contribution >= 4 is 23.1 Å². The van der Waals surface area contributed by atoms with Gasteiger partial charge in [0, 0.05) is 18.5 Å². The molecule has 2 aromatic rings. The minimum Gasteiger partial charge on any atom is -0.379 e. The maximum absolute atomic E-state index is 12.8. The van der Waals surface area contributed by atoms with Crippen LogP contribution >= 0.6 is 11.3 Å². The summed E-state index contributed by atoms with van der Waals surface area (Å²) in [6.45, 7) is 3.93. The molecule has 8 heteroatoms. The molecule has 3 rings (SSSR count). The number of nitrogens with zero attached hydrogens (tertiary/aromatic N) is 3. The van der Waals surface area contributed by atoms with Crippen LogP contribution in [0.2, 0.25) is 0 Å². The van der Waals surface area contributed by atoms with E-state index in [1.165, 1.54) is 23.5 Å². The van der Waals surface area contributed by atoms with Gasteiger partial charge in [-0.05, 0) is 12.1 Å². The van der Waals surface area contributed by atoms with Crippen molar-refractivity contribution in [1.29, 1.82) is 0 Å². The van der Waals surface area contributed by atoms with Crippen LogP contribution in [0, 0.1) is 5.82 Å². The molecule has 0 aromatic carbocycles. The van der Waals surface area contributed by atoms with Crippen molar-refractivity contribution in [3.8, 4) is 0 Å². The SMILES string of the molecule is O=C(Nc1ccc(F)cn1)c1csc(CN2CCOCC2)n1. The third-order valence-corrected chi connectivity index (χ3v) is 4.05. The van der Waals surface area contributed by atoms with Crippen LogP contribution in [0.15, 0.2) is 23.7 Å². The van der Waals surface area contributed by atoms with Crippen LogP contribution < -0.4 is 5.32 Å². The Morgan fingerprint density at radius 1 is 1.41 bits per heavy atom. The van der Waals surface area contributed by atoms with E-state index < -0.39 is 5.82 Å². The Balaban J connectivity index is 1.60. The number of anilines is 1. The highest BCUT2D eigenvalue weighted by molar-refractivity contribution is 7.09. The second kappa shape index (κ2) is 6.91. The zero-order valence-corrected chi connectivity index (χ0v) is 12.6. The maximum Gasteiger partial charge on any atom is 0.276 e. The van der Waals surface area contributed by atoms with Crippen LogP contribution in [0.4, 0.5) is 10.2 Å². The van der Waals surface area contributed by atoms with Gasteiger partial charge in [0.15, 0.2) is 0 Å². The van der Waals surface area contributed by atoms with Gasteiger partial charge in [0.05, 0.1) is 26.0 Å². The predicted molar refractivity (Wildman–Crippen MR) is 80.4 cm³/mol. The van der Waals surface area contributed by atoms with Gasteiger partial charge in [-0.15, -0.1) is 11.3 Å². The summed E-state index contributed by atoms with van der Waals surface area (Å²) in [6.07, 6.45) is 1.06. The zero-order chi connectivity index (χ0) is 15.4. The molecule has 1 N–H and O–H groups in total. The Hall–Kier alpha value is -1.90. The fraction of sp³-hybridized carbons (Fsp3) is 0.357. The molecule has 0 bridgehead atoms. The van der Waals surface area contributed by atoms with Gasteiger partial charge >= 0.3 is 0 Å². The van der Waals surface area contributed by atoms with E-state index in [0.29, 0.717) is 11.5 Å². The fourth-order valence-corrected chi connectivity index (χ4v) is 2.88. The molecule has 1 aliphatic rings. The van der Waals surface area contributed by atoms with E-state index in [-0.39, 0.29) is 5.91 Å². The molecule has 1 amide bonds. The zero-order valence-electron chi connectivity index (χ0n) is 11.8. The Bertz CT molecular complexity index is 641. The summed E-state index contributed by atoms with van der Waals surface area (Å²) < 4.78 is 18.1. The molecule has 1 saturated heterocycles. The number of hydrogen-bond donors (Lipinski definition) is 1. The third kappa shape index (κ3) is 3.85. The minimum atomic E-state index is -0.445. The highest BCUT2D eigenvalue weighted by Crippen LogP contribution is 2.14. The summed E-state index contributed by atoms with van der Waals surface area (Å²) in [6, 6.07) is 2.65. The minimum absolute atomic E-state index is 0.300. The fourth-order valence-electron chi connectivity index (χ4n) is 2.07. The van der Waals surface area contributed by atoms with E-state index in [0.717, 1.165) is 44.1 Å². The number of ether oxygens (including phenoxy) is 1. The summed E-state index contributed by atoms with van der Waals surface area (Å²) >= 11 is 1.45. The second-order valence-electron chi connectivity index (χ2n) is 4.83. The van der Waals surface area contributed by atoms with Gasteiger partial charge in [0.2, 0.25) is 0 Å². The number of morpholine rings is 1. The highest BCUT2D eigenvalue weighted by Gasteiger charge is 2.15. The van der Waals surface area contributed by atoms with Crippen LogP contribution in [-0.4, -0.2) is 47.1 Å². The molecule has 0 aliphatic carbocycles. The largest absolute Gasteiger partial charge is 0.379 e. The van der Waals surface area contributed by atoms with Crippen LogP contribution in [0.3, 0.4) is 0 Å². The van der Waals surface area contributed by atoms with Crippen LogP contribution in [0.1, 0.15) is 15.5 Å². The van der Waals surface area contributed by atoms with Crippen molar-refractivity contribution in [2.45, 2.75) is 6.54 Å². The number of carbonyl (C=O) groups is 1. The summed E-state index contributed by atoms with van der Waals surface area (Å²) in [7, 11) is 0. The molecule has 0 saturated carbocycles. The number of halogens is 1. The van der Waals surface area contributed by atoms with Crippen molar-refractivity contribution in [2.24, 2.45) is 0 Å². The topological polar surface area (TPSA) is 67.4 Å². The van der Waals surface area contributed by atoms with Crippen LogP contribution in [0.25, 0.3) is 0 Å². The normalized spacial score (nSPS) is 15.7. The van der Waals surface area contributed by atoms with Crippen LogP contribution in [0.5, 0.6) is 0 Å². The molecule has 3 heterocycles. The molecule has 116 valence electrons. The van der Waals surface area contributed by atoms with E-state index in [2.05, 4.69) is 20.2 Å². The van der Waals surface area contributed by atoms with Crippen molar-refractivity contribution in [1.82, 2.24) is 14.9 Å². The van der Waals surface area contributed by atoms with E-state index in [9.17, 15) is 9.18 Å². The molecule has 2 aromatic heterocycles. The molecule has 1 fully saturated rings. The summed E-state index contributed by atoms with van der Waals surface area (Å²) in [5.41, 5.74) is 0.347. The van der Waals surface area contributed by atoms with E-state index in [1.54, 1.807) is 5.38 Å². The molecular weight excluding hydrogens is 307 g/mol. The average Bonchev–Trinajstić information content (AvgIpc) is 2.99. The first-order valence-corrected chi connectivity index (χ1v) is 7.76. The lowest BCUT2D eigenvalue weighted by atomic mass is 10.4. The maximum atomic E-state index is 12.8. The first-order valence-electron chi connectivity index (χ1n) is 6.88. The second-order valence-corrected chi connectivity index (χ2v) is 5.77. The van der Waals surface area contributed by atoms with Gasteiger partial charge < -0.3 is 10.1 Å². The summed E-state index contributed by atoms with van der Waals surface area (Å²) in [5, 5.41) is 5.20. The lowest BCUT2D eigenvalue weighted by Gasteiger charge is -2.25. The van der Waals surface area contributed by atoms with E-state index in [4.69, 9.17) is 4.74 Å². The standard InChI is InChI=1S/C14H15FN4O2S/c15-10-1-2-12(16-7-10)18-14(20)11-9-22-13(17-11)8-19-3-5-21-6-4-19/h1-2,7,9H,3-6,8H2,(H,16,18,20). The lowest BCUT2D eigenvalue weighted by Crippen LogP contribution is -2.35. The molecule has 22 heavy (non-hydrogen) atoms. The summed E-state index contributed by atoms with van der Waals surface area (Å²) in [5.74, 6) is -0.489. The van der Waals surface area contributed by atoms with Gasteiger partial charge in [0.1, 0.15) is 22.3 Å². The van der Waals surface area contributed by atoms with Gasteiger partial charge in [-0.3, -0.25) is 9.69 Å². The third-order valence-electron chi connectivity index (χ3n) is 3.22. The number of pyridine rings is 1. The number of aromatic nitrogens is 2. The molecule has 0 unspecified atom stereocenters. The molecule has 1 aliphatic heterocycles. The van der Waals surface area contributed by atoms with Crippen molar-refractivity contribution in [3.05, 3.63) is 40.2 Å². The molecular formula is C14H15FN4O2S.